The predicted molar refractivity (Wildman–Crippen MR) is 97.5 cm³/mol. The summed E-state index contributed by atoms with van der Waals surface area (Å²) >= 11 is 0. The van der Waals surface area contributed by atoms with Crippen LogP contribution in [0.15, 0.2) is 54.6 Å². The molecule has 3 atom stereocenters. The van der Waals surface area contributed by atoms with E-state index < -0.39 is 5.60 Å². The van der Waals surface area contributed by atoms with Crippen molar-refractivity contribution in [2.75, 3.05) is 13.1 Å². The molecule has 0 bridgehead atoms. The number of rotatable bonds is 3. The fourth-order valence-corrected chi connectivity index (χ4v) is 4.72. The SMILES string of the molecule is OC1(c2ccc(F)cc2)CCC2CN(Cc3ccccc3)CCC2C1. The molecule has 0 radical (unpaired) electrons. The minimum absolute atomic E-state index is 0.241. The molecule has 0 spiro atoms. The highest BCUT2D eigenvalue weighted by Gasteiger charge is 2.42. The number of benzene rings is 2. The fourth-order valence-electron chi connectivity index (χ4n) is 4.72. The van der Waals surface area contributed by atoms with Crippen molar-refractivity contribution >= 4 is 0 Å². The Labute approximate surface area is 149 Å². The average Bonchev–Trinajstić information content (AvgIpc) is 2.63. The zero-order valence-electron chi connectivity index (χ0n) is 14.6. The summed E-state index contributed by atoms with van der Waals surface area (Å²) in [6.07, 6.45) is 3.77. The van der Waals surface area contributed by atoms with Crippen LogP contribution < -0.4 is 0 Å². The summed E-state index contributed by atoms with van der Waals surface area (Å²) < 4.78 is 13.2. The second-order valence-corrected chi connectivity index (χ2v) is 7.81. The van der Waals surface area contributed by atoms with Gasteiger partial charge >= 0.3 is 0 Å². The molecular formula is C22H26FNO. The molecule has 2 aliphatic rings. The highest BCUT2D eigenvalue weighted by Crippen LogP contribution is 2.46. The Morgan fingerprint density at radius 2 is 1.76 bits per heavy atom. The molecule has 0 amide bonds. The van der Waals surface area contributed by atoms with Gasteiger partial charge in [0.15, 0.2) is 0 Å². The van der Waals surface area contributed by atoms with E-state index in [2.05, 4.69) is 35.2 Å². The normalized spacial score (nSPS) is 30.0. The molecule has 2 nitrogen and oxygen atoms in total. The van der Waals surface area contributed by atoms with E-state index >= 15 is 0 Å². The van der Waals surface area contributed by atoms with Crippen LogP contribution in [-0.4, -0.2) is 23.1 Å². The molecule has 1 saturated carbocycles. The van der Waals surface area contributed by atoms with Crippen LogP contribution in [-0.2, 0) is 12.1 Å². The van der Waals surface area contributed by atoms with E-state index in [4.69, 9.17) is 0 Å². The molecule has 4 rings (SSSR count). The smallest absolute Gasteiger partial charge is 0.123 e. The average molecular weight is 339 g/mol. The van der Waals surface area contributed by atoms with E-state index in [0.717, 1.165) is 50.9 Å². The lowest BCUT2D eigenvalue weighted by Gasteiger charge is -2.47. The fraction of sp³-hybridized carbons (Fsp3) is 0.455. The maximum atomic E-state index is 13.2. The number of likely N-dealkylation sites (tertiary alicyclic amines) is 1. The highest BCUT2D eigenvalue weighted by atomic mass is 19.1. The molecule has 1 saturated heterocycles. The Balaban J connectivity index is 1.40. The number of aliphatic hydroxyl groups is 1. The molecule has 2 fully saturated rings. The van der Waals surface area contributed by atoms with Gasteiger partial charge in [-0.15, -0.1) is 0 Å². The molecule has 1 aliphatic heterocycles. The standard InChI is InChI=1S/C22H26FNO/c23-21-8-6-20(7-9-21)22(25)12-10-19-16-24(13-11-18(19)14-22)15-17-4-2-1-3-5-17/h1-9,18-19,25H,10-16H2. The van der Waals surface area contributed by atoms with Crippen LogP contribution in [0.3, 0.4) is 0 Å². The van der Waals surface area contributed by atoms with Crippen molar-refractivity contribution in [3.8, 4) is 0 Å². The Hall–Kier alpha value is -1.71. The largest absolute Gasteiger partial charge is 0.385 e. The van der Waals surface area contributed by atoms with Gasteiger partial charge in [0, 0.05) is 13.1 Å². The van der Waals surface area contributed by atoms with E-state index in [0.29, 0.717) is 11.8 Å². The Bertz CT molecular complexity index is 702. The van der Waals surface area contributed by atoms with Crippen LogP contribution in [0.5, 0.6) is 0 Å². The van der Waals surface area contributed by atoms with Gasteiger partial charge in [0.2, 0.25) is 0 Å². The number of hydrogen-bond acceptors (Lipinski definition) is 2. The summed E-state index contributed by atoms with van der Waals surface area (Å²) in [5.74, 6) is 0.990. The summed E-state index contributed by atoms with van der Waals surface area (Å²) in [7, 11) is 0. The zero-order valence-corrected chi connectivity index (χ0v) is 14.6. The maximum Gasteiger partial charge on any atom is 0.123 e. The number of halogens is 1. The molecule has 3 heteroatoms. The van der Waals surface area contributed by atoms with Crippen LogP contribution in [0.2, 0.25) is 0 Å². The molecule has 25 heavy (non-hydrogen) atoms. The minimum atomic E-state index is -0.781. The number of piperidine rings is 1. The van der Waals surface area contributed by atoms with Crippen molar-refractivity contribution in [1.82, 2.24) is 4.90 Å². The first kappa shape index (κ1) is 16.7. The van der Waals surface area contributed by atoms with E-state index in [9.17, 15) is 9.50 Å². The topological polar surface area (TPSA) is 23.5 Å². The van der Waals surface area contributed by atoms with Crippen molar-refractivity contribution in [2.45, 2.75) is 37.8 Å². The summed E-state index contributed by atoms with van der Waals surface area (Å²) in [6.45, 7) is 3.24. The van der Waals surface area contributed by atoms with E-state index in [1.54, 1.807) is 12.1 Å². The molecule has 1 heterocycles. The van der Waals surface area contributed by atoms with Crippen molar-refractivity contribution < 1.29 is 9.50 Å². The molecule has 1 aliphatic carbocycles. The third kappa shape index (κ3) is 3.63. The quantitative estimate of drug-likeness (QED) is 0.899. The van der Waals surface area contributed by atoms with Crippen LogP contribution in [0.25, 0.3) is 0 Å². The first-order valence-corrected chi connectivity index (χ1v) is 9.37. The Kier molecular flexibility index (Phi) is 4.61. The molecule has 132 valence electrons. The highest BCUT2D eigenvalue weighted by molar-refractivity contribution is 5.24. The van der Waals surface area contributed by atoms with Crippen molar-refractivity contribution in [3.05, 3.63) is 71.5 Å². The second kappa shape index (κ2) is 6.89. The monoisotopic (exact) mass is 339 g/mol. The summed E-state index contributed by atoms with van der Waals surface area (Å²) in [5.41, 5.74) is 1.47. The Morgan fingerprint density at radius 3 is 2.52 bits per heavy atom. The minimum Gasteiger partial charge on any atom is -0.385 e. The van der Waals surface area contributed by atoms with Crippen molar-refractivity contribution in [3.63, 3.8) is 0 Å². The van der Waals surface area contributed by atoms with Crippen molar-refractivity contribution in [1.29, 1.82) is 0 Å². The summed E-state index contributed by atoms with van der Waals surface area (Å²) in [4.78, 5) is 2.55. The van der Waals surface area contributed by atoms with Crippen LogP contribution in [0.4, 0.5) is 4.39 Å². The second-order valence-electron chi connectivity index (χ2n) is 7.81. The first-order chi connectivity index (χ1) is 12.1. The van der Waals surface area contributed by atoms with E-state index in [1.165, 1.54) is 17.7 Å². The molecule has 1 N–H and O–H groups in total. The number of nitrogens with zero attached hydrogens (tertiary/aromatic N) is 1. The summed E-state index contributed by atoms with van der Waals surface area (Å²) in [5, 5.41) is 11.1. The van der Waals surface area contributed by atoms with Crippen molar-refractivity contribution in [2.24, 2.45) is 11.8 Å². The van der Waals surface area contributed by atoms with Gasteiger partial charge in [-0.05, 0) is 67.3 Å². The summed E-state index contributed by atoms with van der Waals surface area (Å²) in [6, 6.07) is 17.1. The number of hydrogen-bond donors (Lipinski definition) is 1. The lowest BCUT2D eigenvalue weighted by molar-refractivity contribution is -0.0616. The van der Waals surface area contributed by atoms with Gasteiger partial charge in [-0.2, -0.15) is 0 Å². The first-order valence-electron chi connectivity index (χ1n) is 9.37. The molecular weight excluding hydrogens is 313 g/mol. The van der Waals surface area contributed by atoms with Gasteiger partial charge in [0.25, 0.3) is 0 Å². The third-order valence-corrected chi connectivity index (χ3v) is 6.13. The number of fused-ring (bicyclic) bond motifs is 1. The predicted octanol–water partition coefficient (Wildman–Crippen LogP) is 4.34. The maximum absolute atomic E-state index is 13.2. The van der Waals surface area contributed by atoms with Crippen LogP contribution >= 0.6 is 0 Å². The van der Waals surface area contributed by atoms with E-state index in [1.807, 2.05) is 0 Å². The zero-order chi connectivity index (χ0) is 17.3. The Morgan fingerprint density at radius 1 is 1.00 bits per heavy atom. The lowest BCUT2D eigenvalue weighted by atomic mass is 9.66. The lowest BCUT2D eigenvalue weighted by Crippen LogP contribution is -2.46. The van der Waals surface area contributed by atoms with E-state index in [-0.39, 0.29) is 5.82 Å². The molecule has 2 aromatic carbocycles. The molecule has 2 aromatic rings. The van der Waals surface area contributed by atoms with Gasteiger partial charge in [-0.1, -0.05) is 42.5 Å². The van der Waals surface area contributed by atoms with Crippen LogP contribution in [0, 0.1) is 17.7 Å². The van der Waals surface area contributed by atoms with Gasteiger partial charge in [0.05, 0.1) is 5.60 Å². The van der Waals surface area contributed by atoms with Gasteiger partial charge in [-0.25, -0.2) is 4.39 Å². The molecule has 3 unspecified atom stereocenters. The van der Waals surface area contributed by atoms with Gasteiger partial charge < -0.3 is 5.11 Å². The van der Waals surface area contributed by atoms with Gasteiger partial charge in [0.1, 0.15) is 5.82 Å². The third-order valence-electron chi connectivity index (χ3n) is 6.13. The van der Waals surface area contributed by atoms with Gasteiger partial charge in [-0.3, -0.25) is 4.90 Å². The molecule has 0 aromatic heterocycles. The van der Waals surface area contributed by atoms with Crippen LogP contribution in [0.1, 0.15) is 36.8 Å².